The van der Waals surface area contributed by atoms with Crippen molar-refractivity contribution in [2.45, 2.75) is 13.3 Å². The number of aryl methyl sites for hydroxylation is 1. The third-order valence-corrected chi connectivity index (χ3v) is 4.64. The van der Waals surface area contributed by atoms with Crippen LogP contribution in [0.3, 0.4) is 0 Å². The number of rotatable bonds is 7. The molecule has 2 aromatic carbocycles. The molecule has 0 fully saturated rings. The Hall–Kier alpha value is -4.05. The van der Waals surface area contributed by atoms with Gasteiger partial charge >= 0.3 is 0 Å². The van der Waals surface area contributed by atoms with Crippen LogP contribution in [0.4, 0.5) is 5.69 Å². The van der Waals surface area contributed by atoms with Gasteiger partial charge < -0.3 is 14.8 Å². The number of nitriles is 1. The zero-order chi connectivity index (χ0) is 21.5. The van der Waals surface area contributed by atoms with Crippen molar-refractivity contribution in [1.29, 1.82) is 5.26 Å². The van der Waals surface area contributed by atoms with E-state index in [-0.39, 0.29) is 5.57 Å². The summed E-state index contributed by atoms with van der Waals surface area (Å²) in [6, 6.07) is 15.0. The normalized spacial score (nSPS) is 10.9. The van der Waals surface area contributed by atoms with Gasteiger partial charge in [-0.1, -0.05) is 31.2 Å². The Morgan fingerprint density at radius 2 is 1.97 bits per heavy atom. The van der Waals surface area contributed by atoms with Crippen molar-refractivity contribution in [2.24, 2.45) is 0 Å². The average molecular weight is 402 g/mol. The molecule has 0 saturated heterocycles. The van der Waals surface area contributed by atoms with Gasteiger partial charge in [0.15, 0.2) is 0 Å². The van der Waals surface area contributed by atoms with Crippen LogP contribution in [0.25, 0.3) is 17.3 Å². The summed E-state index contributed by atoms with van der Waals surface area (Å²) in [5.74, 6) is 0.459. The van der Waals surface area contributed by atoms with Gasteiger partial charge in [0.25, 0.3) is 5.91 Å². The Balaban J connectivity index is 1.89. The number of amides is 1. The summed E-state index contributed by atoms with van der Waals surface area (Å²) in [4.78, 5) is 12.7. The van der Waals surface area contributed by atoms with E-state index in [0.29, 0.717) is 22.7 Å². The molecule has 152 valence electrons. The maximum atomic E-state index is 12.7. The second-order valence-electron chi connectivity index (χ2n) is 6.44. The molecule has 3 rings (SSSR count). The lowest BCUT2D eigenvalue weighted by atomic mass is 10.0. The molecule has 0 atom stereocenters. The summed E-state index contributed by atoms with van der Waals surface area (Å²) in [6.45, 7) is 2.09. The van der Waals surface area contributed by atoms with E-state index >= 15 is 0 Å². The fraction of sp³-hybridized carbons (Fsp3) is 0.174. The number of carbonyl (C=O) groups is 1. The van der Waals surface area contributed by atoms with E-state index in [1.54, 1.807) is 24.4 Å². The van der Waals surface area contributed by atoms with Crippen molar-refractivity contribution in [3.05, 3.63) is 65.4 Å². The largest absolute Gasteiger partial charge is 0.497 e. The SMILES string of the molecule is CCc1ccc(-c2[nH]ncc2C=C(C#N)C(=O)Nc2cc(OC)ccc2OC)cc1. The molecule has 3 aromatic rings. The molecule has 1 heterocycles. The van der Waals surface area contributed by atoms with Crippen molar-refractivity contribution in [3.8, 4) is 28.8 Å². The Morgan fingerprint density at radius 3 is 2.60 bits per heavy atom. The molecule has 30 heavy (non-hydrogen) atoms. The van der Waals surface area contributed by atoms with E-state index in [0.717, 1.165) is 17.7 Å². The van der Waals surface area contributed by atoms with Gasteiger partial charge in [0, 0.05) is 17.2 Å². The lowest BCUT2D eigenvalue weighted by Gasteiger charge is -2.11. The minimum atomic E-state index is -0.558. The lowest BCUT2D eigenvalue weighted by molar-refractivity contribution is -0.112. The van der Waals surface area contributed by atoms with Crippen LogP contribution in [-0.4, -0.2) is 30.3 Å². The Morgan fingerprint density at radius 1 is 1.20 bits per heavy atom. The Labute approximate surface area is 175 Å². The number of carbonyl (C=O) groups excluding carboxylic acids is 1. The molecule has 0 bridgehead atoms. The first-order chi connectivity index (χ1) is 14.6. The molecule has 0 aliphatic rings. The number of nitrogens with one attached hydrogen (secondary N) is 2. The van der Waals surface area contributed by atoms with Crippen LogP contribution in [0.1, 0.15) is 18.1 Å². The van der Waals surface area contributed by atoms with Crippen LogP contribution in [0.15, 0.2) is 54.2 Å². The van der Waals surface area contributed by atoms with Gasteiger partial charge in [-0.05, 0) is 30.2 Å². The van der Waals surface area contributed by atoms with Crippen LogP contribution in [0.5, 0.6) is 11.5 Å². The summed E-state index contributed by atoms with van der Waals surface area (Å²) in [5.41, 5.74) is 3.86. The van der Waals surface area contributed by atoms with Crippen LogP contribution in [0.2, 0.25) is 0 Å². The van der Waals surface area contributed by atoms with E-state index in [2.05, 4.69) is 22.4 Å². The second-order valence-corrected chi connectivity index (χ2v) is 6.44. The highest BCUT2D eigenvalue weighted by atomic mass is 16.5. The molecule has 1 aromatic heterocycles. The van der Waals surface area contributed by atoms with E-state index in [1.165, 1.54) is 25.9 Å². The van der Waals surface area contributed by atoms with Gasteiger partial charge in [-0.2, -0.15) is 10.4 Å². The highest BCUT2D eigenvalue weighted by molar-refractivity contribution is 6.10. The zero-order valence-corrected chi connectivity index (χ0v) is 17.0. The molecular formula is C23H22N4O3. The number of hydrogen-bond acceptors (Lipinski definition) is 5. The van der Waals surface area contributed by atoms with Crippen LogP contribution < -0.4 is 14.8 Å². The van der Waals surface area contributed by atoms with Crippen LogP contribution >= 0.6 is 0 Å². The number of benzene rings is 2. The molecule has 0 saturated carbocycles. The van der Waals surface area contributed by atoms with E-state index in [4.69, 9.17) is 9.47 Å². The standard InChI is InChI=1S/C23H22N4O3/c1-4-15-5-7-16(8-6-15)22-18(14-25-27-22)11-17(13-24)23(28)26-20-12-19(29-2)9-10-21(20)30-3/h5-12,14H,4H2,1-3H3,(H,25,27)(H,26,28). The predicted molar refractivity (Wildman–Crippen MR) is 115 cm³/mol. The smallest absolute Gasteiger partial charge is 0.266 e. The quantitative estimate of drug-likeness (QED) is 0.456. The summed E-state index contributed by atoms with van der Waals surface area (Å²) >= 11 is 0. The molecule has 7 nitrogen and oxygen atoms in total. The molecule has 1 amide bonds. The third-order valence-electron chi connectivity index (χ3n) is 4.64. The number of methoxy groups -OCH3 is 2. The summed E-state index contributed by atoms with van der Waals surface area (Å²) in [5, 5.41) is 19.3. The average Bonchev–Trinajstić information content (AvgIpc) is 3.25. The van der Waals surface area contributed by atoms with Gasteiger partial charge in [0.2, 0.25) is 0 Å². The lowest BCUT2D eigenvalue weighted by Crippen LogP contribution is -2.14. The fourth-order valence-corrected chi connectivity index (χ4v) is 2.95. The number of H-pyrrole nitrogens is 1. The van der Waals surface area contributed by atoms with E-state index < -0.39 is 5.91 Å². The van der Waals surface area contributed by atoms with Gasteiger partial charge in [-0.25, -0.2) is 0 Å². The van der Waals surface area contributed by atoms with Gasteiger partial charge in [-0.3, -0.25) is 9.89 Å². The molecule has 0 aliphatic carbocycles. The van der Waals surface area contributed by atoms with E-state index in [9.17, 15) is 10.1 Å². The van der Waals surface area contributed by atoms with Gasteiger partial charge in [0.05, 0.1) is 31.8 Å². The molecule has 0 radical (unpaired) electrons. The first-order valence-corrected chi connectivity index (χ1v) is 9.37. The van der Waals surface area contributed by atoms with Crippen molar-refractivity contribution in [1.82, 2.24) is 10.2 Å². The molecule has 7 heteroatoms. The summed E-state index contributed by atoms with van der Waals surface area (Å²) < 4.78 is 10.5. The predicted octanol–water partition coefficient (Wildman–Crippen LogP) is 4.20. The van der Waals surface area contributed by atoms with Crippen molar-refractivity contribution in [3.63, 3.8) is 0 Å². The highest BCUT2D eigenvalue weighted by Crippen LogP contribution is 2.29. The first-order valence-electron chi connectivity index (χ1n) is 9.37. The molecule has 0 spiro atoms. The van der Waals surface area contributed by atoms with Gasteiger partial charge in [-0.15, -0.1) is 0 Å². The number of nitrogens with zero attached hydrogens (tertiary/aromatic N) is 2. The van der Waals surface area contributed by atoms with Crippen molar-refractivity contribution in [2.75, 3.05) is 19.5 Å². The minimum Gasteiger partial charge on any atom is -0.497 e. The first kappa shape index (κ1) is 20.7. The number of anilines is 1. The molecular weight excluding hydrogens is 380 g/mol. The van der Waals surface area contributed by atoms with Crippen LogP contribution in [0, 0.1) is 11.3 Å². The highest BCUT2D eigenvalue weighted by Gasteiger charge is 2.15. The van der Waals surface area contributed by atoms with Gasteiger partial charge in [0.1, 0.15) is 23.1 Å². The monoisotopic (exact) mass is 402 g/mol. The third kappa shape index (κ3) is 4.50. The molecule has 2 N–H and O–H groups in total. The maximum Gasteiger partial charge on any atom is 0.266 e. The summed E-state index contributed by atoms with van der Waals surface area (Å²) in [6.07, 6.45) is 4.04. The number of aromatic nitrogens is 2. The van der Waals surface area contributed by atoms with E-state index in [1.807, 2.05) is 30.3 Å². The zero-order valence-electron chi connectivity index (χ0n) is 17.0. The molecule has 0 unspecified atom stereocenters. The van der Waals surface area contributed by atoms with Crippen molar-refractivity contribution >= 4 is 17.7 Å². The van der Waals surface area contributed by atoms with Crippen LogP contribution in [-0.2, 0) is 11.2 Å². The van der Waals surface area contributed by atoms with Crippen molar-refractivity contribution < 1.29 is 14.3 Å². The summed E-state index contributed by atoms with van der Waals surface area (Å²) in [7, 11) is 3.03. The Kier molecular flexibility index (Phi) is 6.50. The molecule has 0 aliphatic heterocycles. The fourth-order valence-electron chi connectivity index (χ4n) is 2.95. The Bertz CT molecular complexity index is 1110. The maximum absolute atomic E-state index is 12.7. The topological polar surface area (TPSA) is 100 Å². The number of aromatic amines is 1. The number of hydrogen-bond donors (Lipinski definition) is 2. The minimum absolute atomic E-state index is 0.0623. The second kappa shape index (κ2) is 9.43. The number of ether oxygens (including phenoxy) is 2.